The minimum absolute atomic E-state index is 0.0264. The Morgan fingerprint density at radius 2 is 1.58 bits per heavy atom. The molecule has 3 rings (SSSR count). The van der Waals surface area contributed by atoms with Crippen molar-refractivity contribution in [3.8, 4) is 0 Å². The van der Waals surface area contributed by atoms with Gasteiger partial charge >= 0.3 is 0 Å². The molecule has 7 nitrogen and oxygen atoms in total. The largest absolute Gasteiger partial charge is 0.340 e. The number of para-hydroxylation sites is 1. The molecule has 0 bridgehead atoms. The molecule has 2 N–H and O–H groups in total. The molecule has 26 heavy (non-hydrogen) atoms. The maximum absolute atomic E-state index is 12.2. The van der Waals surface area contributed by atoms with Crippen LogP contribution in [0.2, 0.25) is 0 Å². The van der Waals surface area contributed by atoms with Crippen molar-refractivity contribution in [3.63, 3.8) is 0 Å². The third kappa shape index (κ3) is 5.79. The van der Waals surface area contributed by atoms with E-state index in [4.69, 9.17) is 0 Å². The van der Waals surface area contributed by atoms with E-state index in [0.717, 1.165) is 64.6 Å². The summed E-state index contributed by atoms with van der Waals surface area (Å²) in [4.78, 5) is 30.8. The zero-order valence-electron chi connectivity index (χ0n) is 15.3. The topological polar surface area (TPSA) is 67.9 Å². The van der Waals surface area contributed by atoms with Gasteiger partial charge in [0.05, 0.1) is 6.54 Å². The molecule has 2 aliphatic heterocycles. The van der Waals surface area contributed by atoms with Crippen molar-refractivity contribution in [2.75, 3.05) is 70.8 Å². The smallest absolute Gasteiger partial charge is 0.238 e. The van der Waals surface area contributed by atoms with Gasteiger partial charge in [-0.05, 0) is 12.1 Å². The predicted octanol–water partition coefficient (Wildman–Crippen LogP) is 0.0646. The minimum Gasteiger partial charge on any atom is -0.340 e. The molecule has 2 aliphatic rings. The Kier molecular flexibility index (Phi) is 6.99. The van der Waals surface area contributed by atoms with Crippen molar-refractivity contribution in [2.45, 2.75) is 6.42 Å². The zero-order chi connectivity index (χ0) is 18.2. The summed E-state index contributed by atoms with van der Waals surface area (Å²) in [6, 6.07) is 9.55. The Morgan fingerprint density at radius 3 is 2.27 bits per heavy atom. The SMILES string of the molecule is O=C(CN1CCN(CCC(=O)N2CCNCC2)CC1)Nc1ccccc1. The molecule has 142 valence electrons. The first-order valence-corrected chi connectivity index (χ1v) is 9.49. The summed E-state index contributed by atoms with van der Waals surface area (Å²) < 4.78 is 0. The number of anilines is 1. The van der Waals surface area contributed by atoms with Crippen LogP contribution in [0.4, 0.5) is 5.69 Å². The fourth-order valence-electron chi connectivity index (χ4n) is 3.42. The summed E-state index contributed by atoms with van der Waals surface area (Å²) in [6.45, 7) is 8.22. The Morgan fingerprint density at radius 1 is 0.923 bits per heavy atom. The number of amides is 2. The number of benzene rings is 1. The predicted molar refractivity (Wildman–Crippen MR) is 102 cm³/mol. The second kappa shape index (κ2) is 9.66. The summed E-state index contributed by atoms with van der Waals surface area (Å²) in [5.74, 6) is 0.287. The van der Waals surface area contributed by atoms with Gasteiger partial charge in [0.1, 0.15) is 0 Å². The number of piperazine rings is 2. The van der Waals surface area contributed by atoms with Crippen LogP contribution in [-0.2, 0) is 9.59 Å². The molecule has 2 saturated heterocycles. The summed E-state index contributed by atoms with van der Waals surface area (Å²) >= 11 is 0. The molecular weight excluding hydrogens is 330 g/mol. The number of hydrogen-bond donors (Lipinski definition) is 2. The van der Waals surface area contributed by atoms with Crippen molar-refractivity contribution >= 4 is 17.5 Å². The average Bonchev–Trinajstić information content (AvgIpc) is 2.68. The molecule has 1 aromatic rings. The molecule has 0 atom stereocenters. The fraction of sp³-hybridized carbons (Fsp3) is 0.579. The van der Waals surface area contributed by atoms with Gasteiger partial charge in [0.25, 0.3) is 0 Å². The van der Waals surface area contributed by atoms with E-state index >= 15 is 0 Å². The van der Waals surface area contributed by atoms with Crippen LogP contribution in [0.1, 0.15) is 6.42 Å². The highest BCUT2D eigenvalue weighted by molar-refractivity contribution is 5.92. The van der Waals surface area contributed by atoms with E-state index < -0.39 is 0 Å². The number of hydrogen-bond acceptors (Lipinski definition) is 5. The van der Waals surface area contributed by atoms with Gasteiger partial charge in [-0.25, -0.2) is 0 Å². The van der Waals surface area contributed by atoms with Crippen LogP contribution in [0.5, 0.6) is 0 Å². The van der Waals surface area contributed by atoms with Crippen molar-refractivity contribution < 1.29 is 9.59 Å². The van der Waals surface area contributed by atoms with E-state index in [1.807, 2.05) is 35.2 Å². The lowest BCUT2D eigenvalue weighted by atomic mass is 10.2. The van der Waals surface area contributed by atoms with E-state index in [-0.39, 0.29) is 11.8 Å². The molecule has 0 spiro atoms. The van der Waals surface area contributed by atoms with Crippen molar-refractivity contribution in [2.24, 2.45) is 0 Å². The second-order valence-electron chi connectivity index (χ2n) is 6.91. The van der Waals surface area contributed by atoms with Crippen LogP contribution in [0, 0.1) is 0 Å². The first kappa shape index (κ1) is 18.8. The van der Waals surface area contributed by atoms with Gasteiger partial charge in [-0.2, -0.15) is 0 Å². The van der Waals surface area contributed by atoms with Crippen LogP contribution < -0.4 is 10.6 Å². The number of rotatable bonds is 6. The molecule has 0 aliphatic carbocycles. The quantitative estimate of drug-likeness (QED) is 0.752. The molecule has 2 fully saturated rings. The van der Waals surface area contributed by atoms with Gasteiger partial charge in [0.2, 0.25) is 11.8 Å². The van der Waals surface area contributed by atoms with Crippen molar-refractivity contribution in [3.05, 3.63) is 30.3 Å². The van der Waals surface area contributed by atoms with E-state index in [1.165, 1.54) is 0 Å². The molecule has 0 unspecified atom stereocenters. The average molecular weight is 359 g/mol. The first-order chi connectivity index (χ1) is 12.7. The summed E-state index contributed by atoms with van der Waals surface area (Å²) in [5.41, 5.74) is 0.836. The van der Waals surface area contributed by atoms with Gasteiger partial charge in [0.15, 0.2) is 0 Å². The van der Waals surface area contributed by atoms with Crippen LogP contribution in [0.3, 0.4) is 0 Å². The van der Waals surface area contributed by atoms with Crippen LogP contribution >= 0.6 is 0 Å². The highest BCUT2D eigenvalue weighted by atomic mass is 16.2. The van der Waals surface area contributed by atoms with Crippen molar-refractivity contribution in [1.29, 1.82) is 0 Å². The lowest BCUT2D eigenvalue weighted by Gasteiger charge is -2.34. The highest BCUT2D eigenvalue weighted by Crippen LogP contribution is 2.07. The van der Waals surface area contributed by atoms with Gasteiger partial charge in [-0.1, -0.05) is 18.2 Å². The zero-order valence-corrected chi connectivity index (χ0v) is 15.3. The molecule has 7 heteroatoms. The standard InChI is InChI=1S/C19H29N5O2/c25-18(21-17-4-2-1-3-5-17)16-23-14-12-22(13-15-23)9-6-19(26)24-10-7-20-8-11-24/h1-5,20H,6-16H2,(H,21,25). The Hall–Kier alpha value is -1.96. The van der Waals surface area contributed by atoms with Crippen LogP contribution in [0.25, 0.3) is 0 Å². The van der Waals surface area contributed by atoms with Crippen LogP contribution in [-0.4, -0.2) is 92.0 Å². The fourth-order valence-corrected chi connectivity index (χ4v) is 3.42. The van der Waals surface area contributed by atoms with Gasteiger partial charge in [0, 0.05) is 71.0 Å². The summed E-state index contributed by atoms with van der Waals surface area (Å²) in [5, 5.41) is 6.20. The number of nitrogens with one attached hydrogen (secondary N) is 2. The normalized spacial score (nSPS) is 19.3. The molecule has 0 aromatic heterocycles. The number of carbonyl (C=O) groups excluding carboxylic acids is 2. The van der Waals surface area contributed by atoms with Crippen molar-refractivity contribution in [1.82, 2.24) is 20.0 Å². The third-order valence-corrected chi connectivity index (χ3v) is 5.00. The van der Waals surface area contributed by atoms with E-state index in [0.29, 0.717) is 13.0 Å². The second-order valence-corrected chi connectivity index (χ2v) is 6.91. The first-order valence-electron chi connectivity index (χ1n) is 9.49. The number of carbonyl (C=O) groups is 2. The lowest BCUT2D eigenvalue weighted by molar-refractivity contribution is -0.132. The Balaban J connectivity index is 1.32. The maximum atomic E-state index is 12.2. The molecular formula is C19H29N5O2. The van der Waals surface area contributed by atoms with Gasteiger partial charge < -0.3 is 20.4 Å². The molecule has 0 saturated carbocycles. The highest BCUT2D eigenvalue weighted by Gasteiger charge is 2.21. The van der Waals surface area contributed by atoms with E-state index in [1.54, 1.807) is 0 Å². The molecule has 0 radical (unpaired) electrons. The van der Waals surface area contributed by atoms with E-state index in [2.05, 4.69) is 20.4 Å². The Labute approximate surface area is 155 Å². The van der Waals surface area contributed by atoms with Gasteiger partial charge in [-0.3, -0.25) is 14.5 Å². The summed E-state index contributed by atoms with van der Waals surface area (Å²) in [6.07, 6.45) is 0.592. The third-order valence-electron chi connectivity index (χ3n) is 5.00. The molecule has 2 heterocycles. The van der Waals surface area contributed by atoms with Crippen LogP contribution in [0.15, 0.2) is 30.3 Å². The Bertz CT molecular complexity index is 581. The minimum atomic E-state index is 0.0264. The monoisotopic (exact) mass is 359 g/mol. The molecule has 2 amide bonds. The van der Waals surface area contributed by atoms with E-state index in [9.17, 15) is 9.59 Å². The summed E-state index contributed by atoms with van der Waals surface area (Å²) in [7, 11) is 0. The maximum Gasteiger partial charge on any atom is 0.238 e. The molecule has 1 aromatic carbocycles. The van der Waals surface area contributed by atoms with Gasteiger partial charge in [-0.15, -0.1) is 0 Å². The number of nitrogens with zero attached hydrogens (tertiary/aromatic N) is 3. The lowest BCUT2D eigenvalue weighted by Crippen LogP contribution is -2.50.